The fraction of sp³-hybridized carbons (Fsp3) is 0.350. The van der Waals surface area contributed by atoms with Gasteiger partial charge in [0, 0.05) is 25.1 Å². The molecule has 0 saturated carbocycles. The summed E-state index contributed by atoms with van der Waals surface area (Å²) in [6.07, 6.45) is 0. The van der Waals surface area contributed by atoms with Gasteiger partial charge in [-0.3, -0.25) is 4.79 Å². The molecule has 146 valence electrons. The lowest BCUT2D eigenvalue weighted by atomic mass is 10.1. The van der Waals surface area contributed by atoms with E-state index >= 15 is 0 Å². The topological polar surface area (TPSA) is 66.5 Å². The number of nitrogens with one attached hydrogen (secondary N) is 1. The SMILES string of the molecule is Cc1ccc(S(=O)(=O)N(C)CC(=O)NCCSCc2ccccc2C)cc1. The van der Waals surface area contributed by atoms with Gasteiger partial charge in [0.05, 0.1) is 11.4 Å². The number of likely N-dealkylation sites (N-methyl/N-ethyl adjacent to an activating group) is 1. The van der Waals surface area contributed by atoms with Crippen LogP contribution >= 0.6 is 11.8 Å². The zero-order chi connectivity index (χ0) is 19.9. The number of nitrogens with zero attached hydrogens (tertiary/aromatic N) is 1. The minimum atomic E-state index is -3.66. The molecule has 0 fully saturated rings. The van der Waals surface area contributed by atoms with Gasteiger partial charge in [-0.05, 0) is 37.1 Å². The first-order valence-electron chi connectivity index (χ1n) is 8.72. The summed E-state index contributed by atoms with van der Waals surface area (Å²) >= 11 is 1.74. The largest absolute Gasteiger partial charge is 0.354 e. The highest BCUT2D eigenvalue weighted by Crippen LogP contribution is 2.16. The Kier molecular flexibility index (Phi) is 7.89. The van der Waals surface area contributed by atoms with E-state index in [4.69, 9.17) is 0 Å². The molecule has 2 aromatic carbocycles. The van der Waals surface area contributed by atoms with Crippen molar-refractivity contribution >= 4 is 27.7 Å². The Bertz CT molecular complexity index is 865. The number of hydrogen-bond donors (Lipinski definition) is 1. The fourth-order valence-electron chi connectivity index (χ4n) is 2.45. The highest BCUT2D eigenvalue weighted by Gasteiger charge is 2.22. The Morgan fingerprint density at radius 3 is 2.41 bits per heavy atom. The number of sulfonamides is 1. The van der Waals surface area contributed by atoms with Crippen LogP contribution in [0.3, 0.4) is 0 Å². The first kappa shape index (κ1) is 21.5. The van der Waals surface area contributed by atoms with E-state index in [2.05, 4.69) is 24.4 Å². The Morgan fingerprint density at radius 1 is 1.07 bits per heavy atom. The number of thioether (sulfide) groups is 1. The molecular formula is C20H26N2O3S2. The monoisotopic (exact) mass is 406 g/mol. The van der Waals surface area contributed by atoms with Crippen molar-refractivity contribution in [1.82, 2.24) is 9.62 Å². The zero-order valence-electron chi connectivity index (χ0n) is 15.9. The Morgan fingerprint density at radius 2 is 1.74 bits per heavy atom. The summed E-state index contributed by atoms with van der Waals surface area (Å²) in [6, 6.07) is 14.8. The lowest BCUT2D eigenvalue weighted by molar-refractivity contribution is -0.121. The lowest BCUT2D eigenvalue weighted by Gasteiger charge is -2.17. The molecule has 0 spiro atoms. The van der Waals surface area contributed by atoms with Crippen LogP contribution in [0.15, 0.2) is 53.4 Å². The predicted molar refractivity (Wildman–Crippen MR) is 111 cm³/mol. The van der Waals surface area contributed by atoms with E-state index in [1.54, 1.807) is 36.0 Å². The van der Waals surface area contributed by atoms with Crippen LogP contribution in [0.1, 0.15) is 16.7 Å². The summed E-state index contributed by atoms with van der Waals surface area (Å²) in [7, 11) is -2.24. The van der Waals surface area contributed by atoms with Gasteiger partial charge in [-0.25, -0.2) is 8.42 Å². The molecule has 2 rings (SSSR count). The molecule has 0 unspecified atom stereocenters. The van der Waals surface area contributed by atoms with Gasteiger partial charge < -0.3 is 5.32 Å². The molecule has 1 amide bonds. The number of carbonyl (C=O) groups excluding carboxylic acids is 1. The molecule has 0 heterocycles. The molecule has 7 heteroatoms. The number of aryl methyl sites for hydroxylation is 2. The van der Waals surface area contributed by atoms with Crippen molar-refractivity contribution in [2.45, 2.75) is 24.5 Å². The number of rotatable bonds is 9. The minimum Gasteiger partial charge on any atom is -0.354 e. The van der Waals surface area contributed by atoms with Crippen molar-refractivity contribution in [3.63, 3.8) is 0 Å². The number of benzene rings is 2. The molecule has 1 N–H and O–H groups in total. The van der Waals surface area contributed by atoms with E-state index in [0.717, 1.165) is 21.4 Å². The van der Waals surface area contributed by atoms with Crippen molar-refractivity contribution < 1.29 is 13.2 Å². The van der Waals surface area contributed by atoms with E-state index in [-0.39, 0.29) is 17.3 Å². The average Bonchev–Trinajstić information content (AvgIpc) is 2.63. The summed E-state index contributed by atoms with van der Waals surface area (Å²) in [5.74, 6) is 1.36. The van der Waals surface area contributed by atoms with Gasteiger partial charge in [-0.2, -0.15) is 16.1 Å². The van der Waals surface area contributed by atoms with Crippen LogP contribution in [-0.4, -0.2) is 44.5 Å². The van der Waals surface area contributed by atoms with E-state index in [1.165, 1.54) is 18.2 Å². The Hall–Kier alpha value is -1.83. The van der Waals surface area contributed by atoms with Gasteiger partial charge in [-0.15, -0.1) is 0 Å². The molecule has 27 heavy (non-hydrogen) atoms. The number of carbonyl (C=O) groups is 1. The van der Waals surface area contributed by atoms with Gasteiger partial charge in [0.1, 0.15) is 0 Å². The average molecular weight is 407 g/mol. The number of hydrogen-bond acceptors (Lipinski definition) is 4. The fourth-order valence-corrected chi connectivity index (χ4v) is 4.51. The number of amides is 1. The molecule has 0 bridgehead atoms. The molecule has 0 aliphatic rings. The van der Waals surface area contributed by atoms with Gasteiger partial charge >= 0.3 is 0 Å². The first-order valence-corrected chi connectivity index (χ1v) is 11.3. The zero-order valence-corrected chi connectivity index (χ0v) is 17.6. The molecular weight excluding hydrogens is 380 g/mol. The predicted octanol–water partition coefficient (Wildman–Crippen LogP) is 2.97. The molecule has 0 radical (unpaired) electrons. The summed E-state index contributed by atoms with van der Waals surface area (Å²) in [6.45, 7) is 4.29. The van der Waals surface area contributed by atoms with E-state index in [1.807, 2.05) is 19.1 Å². The van der Waals surface area contributed by atoms with E-state index in [0.29, 0.717) is 6.54 Å². The van der Waals surface area contributed by atoms with Crippen molar-refractivity contribution in [2.24, 2.45) is 0 Å². The van der Waals surface area contributed by atoms with E-state index < -0.39 is 10.0 Å². The second-order valence-electron chi connectivity index (χ2n) is 6.40. The van der Waals surface area contributed by atoms with Crippen LogP contribution < -0.4 is 5.32 Å². The van der Waals surface area contributed by atoms with Gasteiger partial charge in [0.25, 0.3) is 0 Å². The third-order valence-electron chi connectivity index (χ3n) is 4.18. The van der Waals surface area contributed by atoms with Crippen LogP contribution in [0, 0.1) is 13.8 Å². The van der Waals surface area contributed by atoms with Gasteiger partial charge in [0.2, 0.25) is 15.9 Å². The van der Waals surface area contributed by atoms with Crippen molar-refractivity contribution in [3.8, 4) is 0 Å². The normalized spacial score (nSPS) is 11.6. The molecule has 0 aromatic heterocycles. The molecule has 5 nitrogen and oxygen atoms in total. The van der Waals surface area contributed by atoms with Crippen molar-refractivity contribution in [3.05, 3.63) is 65.2 Å². The smallest absolute Gasteiger partial charge is 0.243 e. The van der Waals surface area contributed by atoms with Crippen LogP contribution in [-0.2, 0) is 20.6 Å². The summed E-state index contributed by atoms with van der Waals surface area (Å²) in [5, 5.41) is 2.78. The van der Waals surface area contributed by atoms with Crippen molar-refractivity contribution in [2.75, 3.05) is 25.9 Å². The molecule has 2 aromatic rings. The maximum atomic E-state index is 12.5. The van der Waals surface area contributed by atoms with E-state index in [9.17, 15) is 13.2 Å². The highest BCUT2D eigenvalue weighted by atomic mass is 32.2. The second kappa shape index (κ2) is 9.92. The lowest BCUT2D eigenvalue weighted by Crippen LogP contribution is -2.39. The maximum Gasteiger partial charge on any atom is 0.243 e. The molecule has 0 aliphatic carbocycles. The van der Waals surface area contributed by atoms with Crippen LogP contribution in [0.25, 0.3) is 0 Å². The highest BCUT2D eigenvalue weighted by molar-refractivity contribution is 7.98. The molecule has 0 atom stereocenters. The second-order valence-corrected chi connectivity index (χ2v) is 9.55. The summed E-state index contributed by atoms with van der Waals surface area (Å²) < 4.78 is 26.0. The first-order chi connectivity index (χ1) is 12.8. The third-order valence-corrected chi connectivity index (χ3v) is 7.01. The van der Waals surface area contributed by atoms with Gasteiger partial charge in [0.15, 0.2) is 0 Å². The van der Waals surface area contributed by atoms with Crippen LogP contribution in [0.4, 0.5) is 0 Å². The summed E-state index contributed by atoms with van der Waals surface area (Å²) in [5.41, 5.74) is 3.53. The third kappa shape index (κ3) is 6.37. The van der Waals surface area contributed by atoms with Crippen LogP contribution in [0.2, 0.25) is 0 Å². The minimum absolute atomic E-state index is 0.192. The Labute approximate surface area is 166 Å². The molecule has 0 aliphatic heterocycles. The standard InChI is InChI=1S/C20H26N2O3S2/c1-16-8-10-19(11-9-16)27(24,25)22(3)14-20(23)21-12-13-26-15-18-7-5-4-6-17(18)2/h4-11H,12-15H2,1-3H3,(H,21,23). The van der Waals surface area contributed by atoms with Crippen LogP contribution in [0.5, 0.6) is 0 Å². The summed E-state index contributed by atoms with van der Waals surface area (Å²) in [4.78, 5) is 12.2. The molecule has 0 saturated heterocycles. The van der Waals surface area contributed by atoms with Gasteiger partial charge in [-0.1, -0.05) is 42.0 Å². The maximum absolute atomic E-state index is 12.5. The van der Waals surface area contributed by atoms with Crippen molar-refractivity contribution in [1.29, 1.82) is 0 Å². The Balaban J connectivity index is 1.75. The quantitative estimate of drug-likeness (QED) is 0.650.